The van der Waals surface area contributed by atoms with Crippen LogP contribution in [0, 0.1) is 21.4 Å². The van der Waals surface area contributed by atoms with E-state index in [1.54, 1.807) is 36.4 Å². The van der Waals surface area contributed by atoms with E-state index in [1.807, 2.05) is 30.3 Å². The van der Waals surface area contributed by atoms with E-state index < -0.39 is 10.5 Å². The number of rotatable bonds is 5. The Hall–Kier alpha value is -4.44. The van der Waals surface area contributed by atoms with Crippen LogP contribution in [0.15, 0.2) is 82.0 Å². The third-order valence-electron chi connectivity index (χ3n) is 4.57. The molecule has 0 unspecified atom stereocenters. The molecule has 0 bridgehead atoms. The Balaban J connectivity index is 1.68. The molecule has 0 aliphatic rings. The minimum Gasteiger partial charge on any atom is -0.489 e. The Morgan fingerprint density at radius 2 is 1.73 bits per heavy atom. The summed E-state index contributed by atoms with van der Waals surface area (Å²) in [6, 6.07) is 22.9. The molecule has 0 aliphatic carbocycles. The summed E-state index contributed by atoms with van der Waals surface area (Å²) in [5.41, 5.74) is 0.711. The van der Waals surface area contributed by atoms with Gasteiger partial charge < -0.3 is 9.15 Å². The summed E-state index contributed by atoms with van der Waals surface area (Å²) in [5.74, 6) is 0.663. The second-order valence-electron chi connectivity index (χ2n) is 6.53. The van der Waals surface area contributed by atoms with Crippen LogP contribution in [-0.4, -0.2) is 4.92 Å². The molecule has 0 atom stereocenters. The molecule has 0 amide bonds. The topological polar surface area (TPSA) is 106 Å². The molecule has 146 valence electrons. The van der Waals surface area contributed by atoms with Gasteiger partial charge in [-0.1, -0.05) is 42.5 Å². The molecule has 0 saturated carbocycles. The van der Waals surface area contributed by atoms with Crippen LogP contribution >= 0.6 is 0 Å². The van der Waals surface area contributed by atoms with E-state index in [1.165, 1.54) is 12.1 Å². The average Bonchev–Trinajstić information content (AvgIpc) is 2.77. The minimum atomic E-state index is -0.902. The summed E-state index contributed by atoms with van der Waals surface area (Å²) in [5, 5.41) is 20.9. The van der Waals surface area contributed by atoms with Gasteiger partial charge in [0.05, 0.1) is 4.92 Å². The lowest BCUT2D eigenvalue weighted by Gasteiger charge is -2.08. The van der Waals surface area contributed by atoms with Crippen LogP contribution in [0.25, 0.3) is 22.1 Å². The highest BCUT2D eigenvalue weighted by atomic mass is 16.6. The SMILES string of the molecule is N#Cc1cc2cc(-c3ccc(OCc4ccccc4)cc3)cc([N+](=O)[O-])c2oc1=O. The van der Waals surface area contributed by atoms with Crippen LogP contribution in [0.3, 0.4) is 0 Å². The quantitative estimate of drug-likeness (QED) is 0.271. The maximum absolute atomic E-state index is 11.8. The molecule has 1 aromatic heterocycles. The smallest absolute Gasteiger partial charge is 0.354 e. The number of hydrogen-bond donors (Lipinski definition) is 0. The summed E-state index contributed by atoms with van der Waals surface area (Å²) >= 11 is 0. The van der Waals surface area contributed by atoms with Crippen molar-refractivity contribution in [3.05, 3.63) is 104 Å². The largest absolute Gasteiger partial charge is 0.489 e. The fraction of sp³-hybridized carbons (Fsp3) is 0.0435. The van der Waals surface area contributed by atoms with Crippen LogP contribution < -0.4 is 10.4 Å². The predicted octanol–water partition coefficient (Wildman–Crippen LogP) is 4.82. The fourth-order valence-electron chi connectivity index (χ4n) is 3.08. The summed E-state index contributed by atoms with van der Waals surface area (Å²) in [6.07, 6.45) is 0. The molecule has 30 heavy (non-hydrogen) atoms. The summed E-state index contributed by atoms with van der Waals surface area (Å²) in [6.45, 7) is 0.428. The molecular formula is C23H14N2O5. The Kier molecular flexibility index (Phi) is 4.97. The lowest BCUT2D eigenvalue weighted by atomic mass is 10.0. The van der Waals surface area contributed by atoms with E-state index in [0.29, 0.717) is 23.3 Å². The number of nitro benzene ring substituents is 1. The van der Waals surface area contributed by atoms with Crippen LogP contribution in [0.1, 0.15) is 11.1 Å². The van der Waals surface area contributed by atoms with E-state index in [9.17, 15) is 14.9 Å². The van der Waals surface area contributed by atoms with Gasteiger partial charge in [-0.05, 0) is 41.0 Å². The van der Waals surface area contributed by atoms with Crippen LogP contribution in [0.5, 0.6) is 5.75 Å². The van der Waals surface area contributed by atoms with Crippen LogP contribution in [0.4, 0.5) is 5.69 Å². The van der Waals surface area contributed by atoms with Crippen molar-refractivity contribution in [3.63, 3.8) is 0 Å². The monoisotopic (exact) mass is 398 g/mol. The van der Waals surface area contributed by atoms with Crippen LogP contribution in [-0.2, 0) is 6.61 Å². The van der Waals surface area contributed by atoms with Crippen molar-refractivity contribution in [1.29, 1.82) is 5.26 Å². The summed E-state index contributed by atoms with van der Waals surface area (Å²) in [7, 11) is 0. The number of nitriles is 1. The number of benzene rings is 3. The molecule has 0 fully saturated rings. The zero-order chi connectivity index (χ0) is 21.1. The van der Waals surface area contributed by atoms with E-state index in [0.717, 1.165) is 11.1 Å². The Labute approximate surface area is 170 Å². The van der Waals surface area contributed by atoms with Crippen LogP contribution in [0.2, 0.25) is 0 Å². The molecule has 0 spiro atoms. The van der Waals surface area contributed by atoms with Gasteiger partial charge in [-0.25, -0.2) is 4.79 Å². The number of ether oxygens (including phenoxy) is 1. The van der Waals surface area contributed by atoms with Gasteiger partial charge in [-0.3, -0.25) is 10.1 Å². The molecule has 0 saturated heterocycles. The van der Waals surface area contributed by atoms with Gasteiger partial charge in [0, 0.05) is 11.5 Å². The molecule has 4 rings (SSSR count). The first-order chi connectivity index (χ1) is 14.5. The van der Waals surface area contributed by atoms with Gasteiger partial charge in [0.2, 0.25) is 5.58 Å². The third kappa shape index (κ3) is 3.75. The number of fused-ring (bicyclic) bond motifs is 1. The van der Waals surface area contributed by atoms with Gasteiger partial charge in [0.1, 0.15) is 24.0 Å². The average molecular weight is 398 g/mol. The van der Waals surface area contributed by atoms with Gasteiger partial charge in [-0.2, -0.15) is 5.26 Å². The number of non-ortho nitro benzene ring substituents is 1. The number of nitro groups is 1. The maximum atomic E-state index is 11.8. The highest BCUT2D eigenvalue weighted by molar-refractivity contribution is 5.91. The van der Waals surface area contributed by atoms with Crippen molar-refractivity contribution < 1.29 is 14.1 Å². The van der Waals surface area contributed by atoms with Crippen molar-refractivity contribution >= 4 is 16.7 Å². The third-order valence-corrected chi connectivity index (χ3v) is 4.57. The summed E-state index contributed by atoms with van der Waals surface area (Å²) in [4.78, 5) is 22.7. The molecule has 0 radical (unpaired) electrons. The summed E-state index contributed by atoms with van der Waals surface area (Å²) < 4.78 is 10.8. The lowest BCUT2D eigenvalue weighted by Crippen LogP contribution is -2.04. The first kappa shape index (κ1) is 18.9. The van der Waals surface area contributed by atoms with Crippen molar-refractivity contribution in [2.45, 2.75) is 6.61 Å². The second kappa shape index (κ2) is 7.89. The first-order valence-electron chi connectivity index (χ1n) is 8.99. The molecule has 0 N–H and O–H groups in total. The zero-order valence-corrected chi connectivity index (χ0v) is 15.6. The molecule has 4 aromatic rings. The highest BCUT2D eigenvalue weighted by Crippen LogP contribution is 2.33. The fourth-order valence-corrected chi connectivity index (χ4v) is 3.08. The van der Waals surface area contributed by atoms with E-state index in [4.69, 9.17) is 14.4 Å². The first-order valence-corrected chi connectivity index (χ1v) is 8.99. The number of hydrogen-bond acceptors (Lipinski definition) is 6. The molecule has 3 aromatic carbocycles. The van der Waals surface area contributed by atoms with Gasteiger partial charge >= 0.3 is 11.3 Å². The second-order valence-corrected chi connectivity index (χ2v) is 6.53. The van der Waals surface area contributed by atoms with Gasteiger partial charge in [-0.15, -0.1) is 0 Å². The Bertz CT molecular complexity index is 1340. The van der Waals surface area contributed by atoms with Crippen molar-refractivity contribution in [2.75, 3.05) is 0 Å². The van der Waals surface area contributed by atoms with E-state index in [-0.39, 0.29) is 16.8 Å². The highest BCUT2D eigenvalue weighted by Gasteiger charge is 2.19. The van der Waals surface area contributed by atoms with Crippen molar-refractivity contribution in [1.82, 2.24) is 0 Å². The normalized spacial score (nSPS) is 10.5. The van der Waals surface area contributed by atoms with Crippen molar-refractivity contribution in [2.24, 2.45) is 0 Å². The molecule has 1 heterocycles. The van der Waals surface area contributed by atoms with E-state index >= 15 is 0 Å². The van der Waals surface area contributed by atoms with Gasteiger partial charge in [0.15, 0.2) is 0 Å². The maximum Gasteiger partial charge on any atom is 0.354 e. The Morgan fingerprint density at radius 1 is 1.00 bits per heavy atom. The van der Waals surface area contributed by atoms with Gasteiger partial charge in [0.25, 0.3) is 0 Å². The molecule has 0 aliphatic heterocycles. The predicted molar refractivity (Wildman–Crippen MR) is 110 cm³/mol. The molecular weight excluding hydrogens is 384 g/mol. The zero-order valence-electron chi connectivity index (χ0n) is 15.6. The minimum absolute atomic E-state index is 0.157. The molecule has 7 heteroatoms. The standard InChI is InChI=1S/C23H14N2O5/c24-13-19-11-18-10-17(12-21(25(27)28)22(18)30-23(19)26)16-6-8-20(9-7-16)29-14-15-4-2-1-3-5-15/h1-12H,14H2. The Morgan fingerprint density at radius 3 is 2.40 bits per heavy atom. The number of nitrogens with zero attached hydrogens (tertiary/aromatic N) is 2. The lowest BCUT2D eigenvalue weighted by molar-refractivity contribution is -0.383. The van der Waals surface area contributed by atoms with E-state index in [2.05, 4.69) is 0 Å². The molecule has 7 nitrogen and oxygen atoms in total. The van der Waals surface area contributed by atoms with Crippen molar-refractivity contribution in [3.8, 4) is 22.9 Å².